The Bertz CT molecular complexity index is 776. The normalized spacial score (nSPS) is 20.6. The monoisotopic (exact) mass is 374 g/mol. The van der Waals surface area contributed by atoms with Gasteiger partial charge in [0.1, 0.15) is 11.0 Å². The van der Waals surface area contributed by atoms with Crippen LogP contribution in [0.2, 0.25) is 0 Å². The molecule has 4 heterocycles. The molecule has 0 spiro atoms. The fourth-order valence-electron chi connectivity index (χ4n) is 3.37. The predicted octanol–water partition coefficient (Wildman–Crippen LogP) is 1.70. The van der Waals surface area contributed by atoms with Gasteiger partial charge in [-0.25, -0.2) is 9.97 Å². The third kappa shape index (κ3) is 3.41. The maximum atomic E-state index is 12.9. The number of carbonyl (C=O) groups is 1. The lowest BCUT2D eigenvalue weighted by atomic mass is 10.2. The molecule has 9 heteroatoms. The Morgan fingerprint density at radius 3 is 3.00 bits per heavy atom. The van der Waals surface area contributed by atoms with Crippen LogP contribution in [0.5, 0.6) is 0 Å². The number of carbonyl (C=O) groups excluding carboxylic acids is 1. The molecule has 138 valence electrons. The number of amides is 1. The molecule has 1 atom stereocenters. The molecule has 2 aliphatic heterocycles. The minimum absolute atomic E-state index is 0.0148. The van der Waals surface area contributed by atoms with Crippen LogP contribution >= 0.6 is 11.5 Å². The molecule has 0 unspecified atom stereocenters. The molecule has 2 aromatic heterocycles. The van der Waals surface area contributed by atoms with Crippen LogP contribution in [0.1, 0.15) is 46.9 Å². The average molecular weight is 374 g/mol. The van der Waals surface area contributed by atoms with Crippen molar-refractivity contribution < 1.29 is 9.53 Å². The van der Waals surface area contributed by atoms with E-state index in [1.54, 1.807) is 6.20 Å². The van der Waals surface area contributed by atoms with E-state index in [-0.39, 0.29) is 12.0 Å². The summed E-state index contributed by atoms with van der Waals surface area (Å²) in [6.07, 6.45) is 4.61. The fourth-order valence-corrected chi connectivity index (χ4v) is 4.09. The highest BCUT2D eigenvalue weighted by Gasteiger charge is 2.30. The molecule has 8 nitrogen and oxygen atoms in total. The van der Waals surface area contributed by atoms with Gasteiger partial charge in [0.2, 0.25) is 5.95 Å². The minimum Gasteiger partial charge on any atom is -0.368 e. The first kappa shape index (κ1) is 17.3. The number of hydrogen-bond donors (Lipinski definition) is 0. The summed E-state index contributed by atoms with van der Waals surface area (Å²) < 4.78 is 9.83. The highest BCUT2D eigenvalue weighted by atomic mass is 32.1. The van der Waals surface area contributed by atoms with E-state index in [0.29, 0.717) is 31.0 Å². The topological polar surface area (TPSA) is 84.3 Å². The van der Waals surface area contributed by atoms with Crippen molar-refractivity contribution in [2.45, 2.75) is 32.3 Å². The standard InChI is InChI=1S/C17H22N6O2S/c1-2-12-15(26-21-20-12)16(24)23-9-10-25-14(11-23)13-5-6-18-17(19-13)22-7-3-4-8-22/h5-6,14H,2-4,7-11H2,1H3/t14-/m0/s1. The zero-order valence-electron chi connectivity index (χ0n) is 14.8. The molecule has 0 saturated carbocycles. The van der Waals surface area contributed by atoms with E-state index in [2.05, 4.69) is 19.5 Å². The van der Waals surface area contributed by atoms with Crippen molar-refractivity contribution in [1.82, 2.24) is 24.5 Å². The lowest BCUT2D eigenvalue weighted by Crippen LogP contribution is -2.42. The molecular formula is C17H22N6O2S. The van der Waals surface area contributed by atoms with Crippen molar-refractivity contribution in [2.24, 2.45) is 0 Å². The van der Waals surface area contributed by atoms with E-state index in [1.165, 1.54) is 24.4 Å². The number of ether oxygens (including phenoxy) is 1. The van der Waals surface area contributed by atoms with Crippen LogP contribution in [-0.2, 0) is 11.2 Å². The van der Waals surface area contributed by atoms with Gasteiger partial charge in [-0.2, -0.15) is 0 Å². The molecule has 2 aliphatic rings. The van der Waals surface area contributed by atoms with Gasteiger partial charge in [-0.15, -0.1) is 5.10 Å². The van der Waals surface area contributed by atoms with E-state index < -0.39 is 0 Å². The van der Waals surface area contributed by atoms with Crippen LogP contribution in [0.25, 0.3) is 0 Å². The Morgan fingerprint density at radius 1 is 1.35 bits per heavy atom. The van der Waals surface area contributed by atoms with E-state index in [1.807, 2.05) is 17.9 Å². The largest absolute Gasteiger partial charge is 0.368 e. The van der Waals surface area contributed by atoms with Gasteiger partial charge >= 0.3 is 0 Å². The maximum Gasteiger partial charge on any atom is 0.267 e. The molecule has 2 aromatic rings. The predicted molar refractivity (Wildman–Crippen MR) is 97.4 cm³/mol. The van der Waals surface area contributed by atoms with Crippen LogP contribution < -0.4 is 4.90 Å². The number of aryl methyl sites for hydroxylation is 1. The first-order valence-corrected chi connectivity index (χ1v) is 9.83. The van der Waals surface area contributed by atoms with Crippen LogP contribution in [0.3, 0.4) is 0 Å². The summed E-state index contributed by atoms with van der Waals surface area (Å²) in [5, 5.41) is 4.05. The molecule has 2 fully saturated rings. The first-order chi connectivity index (χ1) is 12.8. The van der Waals surface area contributed by atoms with Crippen LogP contribution in [0.15, 0.2) is 12.3 Å². The highest BCUT2D eigenvalue weighted by Crippen LogP contribution is 2.25. The molecule has 26 heavy (non-hydrogen) atoms. The molecule has 2 saturated heterocycles. The second kappa shape index (κ2) is 7.63. The number of morpholine rings is 1. The van der Waals surface area contributed by atoms with Crippen molar-refractivity contribution in [3.05, 3.63) is 28.5 Å². The molecule has 1 amide bonds. The van der Waals surface area contributed by atoms with Crippen molar-refractivity contribution >= 4 is 23.4 Å². The molecule has 0 aliphatic carbocycles. The average Bonchev–Trinajstić information content (AvgIpc) is 3.39. The van der Waals surface area contributed by atoms with Gasteiger partial charge in [0.05, 0.1) is 24.5 Å². The molecule has 0 radical (unpaired) electrons. The number of nitrogens with zero attached hydrogens (tertiary/aromatic N) is 6. The zero-order valence-corrected chi connectivity index (χ0v) is 15.6. The van der Waals surface area contributed by atoms with E-state index >= 15 is 0 Å². The number of anilines is 1. The second-order valence-electron chi connectivity index (χ2n) is 6.49. The van der Waals surface area contributed by atoms with Crippen molar-refractivity contribution in [1.29, 1.82) is 0 Å². The number of rotatable bonds is 4. The van der Waals surface area contributed by atoms with Gasteiger partial charge in [-0.05, 0) is 36.9 Å². The smallest absolute Gasteiger partial charge is 0.267 e. The second-order valence-corrected chi connectivity index (χ2v) is 7.24. The lowest BCUT2D eigenvalue weighted by Gasteiger charge is -2.32. The first-order valence-electron chi connectivity index (χ1n) is 9.06. The summed E-state index contributed by atoms with van der Waals surface area (Å²) in [6.45, 7) is 5.52. The summed E-state index contributed by atoms with van der Waals surface area (Å²) in [6, 6.07) is 1.88. The quantitative estimate of drug-likeness (QED) is 0.805. The van der Waals surface area contributed by atoms with Crippen molar-refractivity contribution in [3.8, 4) is 0 Å². The maximum absolute atomic E-state index is 12.9. The van der Waals surface area contributed by atoms with Gasteiger partial charge in [0.25, 0.3) is 5.91 Å². The summed E-state index contributed by atoms with van der Waals surface area (Å²) in [5.41, 5.74) is 1.60. The lowest BCUT2D eigenvalue weighted by molar-refractivity contribution is -0.0246. The molecule has 0 N–H and O–H groups in total. The van der Waals surface area contributed by atoms with Crippen molar-refractivity contribution in [2.75, 3.05) is 37.7 Å². The highest BCUT2D eigenvalue weighted by molar-refractivity contribution is 7.08. The van der Waals surface area contributed by atoms with E-state index in [0.717, 1.165) is 30.4 Å². The van der Waals surface area contributed by atoms with Gasteiger partial charge in [-0.3, -0.25) is 4.79 Å². The fraction of sp³-hybridized carbons (Fsp3) is 0.588. The summed E-state index contributed by atoms with van der Waals surface area (Å²) >= 11 is 1.17. The Balaban J connectivity index is 1.50. The number of hydrogen-bond acceptors (Lipinski definition) is 8. The van der Waals surface area contributed by atoms with Gasteiger partial charge in [-0.1, -0.05) is 11.4 Å². The van der Waals surface area contributed by atoms with Crippen LogP contribution in [0, 0.1) is 0 Å². The van der Waals surface area contributed by atoms with Crippen molar-refractivity contribution in [3.63, 3.8) is 0 Å². The van der Waals surface area contributed by atoms with Crippen LogP contribution in [-0.4, -0.2) is 63.1 Å². The third-order valence-electron chi connectivity index (χ3n) is 4.82. The van der Waals surface area contributed by atoms with E-state index in [9.17, 15) is 4.79 Å². The summed E-state index contributed by atoms with van der Waals surface area (Å²) in [7, 11) is 0. The number of aromatic nitrogens is 4. The Labute approximate surface area is 156 Å². The Kier molecular flexibility index (Phi) is 5.07. The molecular weight excluding hydrogens is 352 g/mol. The zero-order chi connectivity index (χ0) is 17.9. The summed E-state index contributed by atoms with van der Waals surface area (Å²) in [4.78, 5) is 26.6. The molecule has 0 aromatic carbocycles. The van der Waals surface area contributed by atoms with Gasteiger partial charge in [0.15, 0.2) is 0 Å². The van der Waals surface area contributed by atoms with E-state index in [4.69, 9.17) is 9.72 Å². The van der Waals surface area contributed by atoms with Gasteiger partial charge < -0.3 is 14.5 Å². The Morgan fingerprint density at radius 2 is 2.19 bits per heavy atom. The molecule has 4 rings (SSSR count). The summed E-state index contributed by atoms with van der Waals surface area (Å²) in [5.74, 6) is 0.742. The third-order valence-corrected chi connectivity index (χ3v) is 5.58. The minimum atomic E-state index is -0.233. The van der Waals surface area contributed by atoms with Crippen LogP contribution in [0.4, 0.5) is 5.95 Å². The van der Waals surface area contributed by atoms with Gasteiger partial charge in [0, 0.05) is 25.8 Å². The Hall–Kier alpha value is -2.13. The molecule has 0 bridgehead atoms. The SMILES string of the molecule is CCc1nnsc1C(=O)N1CCO[C@H](c2ccnc(N3CCCC3)n2)C1.